The molecule has 11 rings (SSSR count). The standard InChI is InChI=1S/C59H47N3/c1-59(51-17-9-4-10-18-51)54-20-12-11-19-52(54)53-38-37-50(39-55(53)59)58-61-56(48-33-29-46(30-34-48)44-25-21-42(22-26-44)40-13-5-2-6-14-40)60-57(62-58)49-35-31-47(32-36-49)45-27-23-43(24-28-45)41-15-7-3-8-16-41/h2-31,33-35,37-39,52,54,57H,32,36H2,1H3,(H,60,61,62). The number of nitrogens with one attached hydrogen (secondary N) is 1. The van der Waals surface area contributed by atoms with Gasteiger partial charge in [-0.1, -0.05) is 219 Å². The Morgan fingerprint density at radius 1 is 0.468 bits per heavy atom. The molecule has 0 radical (unpaired) electrons. The number of hydrogen-bond donors (Lipinski definition) is 1. The Hall–Kier alpha value is -7.36. The average molecular weight is 798 g/mol. The van der Waals surface area contributed by atoms with Gasteiger partial charge in [0, 0.05) is 28.4 Å². The fourth-order valence-corrected chi connectivity index (χ4v) is 10.0. The molecule has 3 aliphatic carbocycles. The molecule has 0 spiro atoms. The topological polar surface area (TPSA) is 36.8 Å². The minimum absolute atomic E-state index is 0.189. The van der Waals surface area contributed by atoms with E-state index < -0.39 is 0 Å². The van der Waals surface area contributed by atoms with Gasteiger partial charge in [0.1, 0.15) is 11.7 Å². The van der Waals surface area contributed by atoms with E-state index in [4.69, 9.17) is 9.98 Å². The maximum absolute atomic E-state index is 5.42. The first-order chi connectivity index (χ1) is 30.6. The summed E-state index contributed by atoms with van der Waals surface area (Å²) in [5, 5.41) is 3.74. The van der Waals surface area contributed by atoms with Crippen molar-refractivity contribution in [3.8, 4) is 33.4 Å². The SMILES string of the molecule is CC1(c2ccccc2)c2cc(C3=NC(C4=CC=C(c5ccc(-c6ccccc6)cc5)CC4)N=C(c4ccc(-c5ccc(-c6ccccc6)cc5)cc4)N3)ccc2C2C=CC=CC21. The molecule has 1 N–H and O–H groups in total. The van der Waals surface area contributed by atoms with E-state index in [9.17, 15) is 0 Å². The Bertz CT molecular complexity index is 2950. The summed E-state index contributed by atoms with van der Waals surface area (Å²) in [4.78, 5) is 10.8. The highest BCUT2D eigenvalue weighted by atomic mass is 15.2. The molecule has 1 heterocycles. The van der Waals surface area contributed by atoms with E-state index in [0.717, 1.165) is 35.6 Å². The number of benzene rings is 7. The number of aliphatic imine (C=N–C) groups is 2. The average Bonchev–Trinajstić information content (AvgIpc) is 3.62. The number of allylic oxidation sites excluding steroid dienone is 7. The van der Waals surface area contributed by atoms with E-state index in [-0.39, 0.29) is 11.6 Å². The second kappa shape index (κ2) is 15.9. The maximum Gasteiger partial charge on any atom is 0.166 e. The van der Waals surface area contributed by atoms with Crippen LogP contribution in [0.3, 0.4) is 0 Å². The van der Waals surface area contributed by atoms with Gasteiger partial charge in [0.25, 0.3) is 0 Å². The van der Waals surface area contributed by atoms with Crippen molar-refractivity contribution in [2.24, 2.45) is 15.9 Å². The summed E-state index contributed by atoms with van der Waals surface area (Å²) in [5.74, 6) is 2.36. The van der Waals surface area contributed by atoms with E-state index in [1.54, 1.807) is 0 Å². The van der Waals surface area contributed by atoms with Crippen molar-refractivity contribution < 1.29 is 0 Å². The molecule has 298 valence electrons. The quantitative estimate of drug-likeness (QED) is 0.163. The van der Waals surface area contributed by atoms with Gasteiger partial charge in [0.2, 0.25) is 0 Å². The number of hydrogen-bond acceptors (Lipinski definition) is 3. The van der Waals surface area contributed by atoms with Crippen LogP contribution in [-0.2, 0) is 5.41 Å². The second-order valence-electron chi connectivity index (χ2n) is 17.0. The van der Waals surface area contributed by atoms with Crippen LogP contribution < -0.4 is 5.32 Å². The molecule has 4 aliphatic rings. The summed E-state index contributed by atoms with van der Waals surface area (Å²) < 4.78 is 0. The van der Waals surface area contributed by atoms with Crippen LogP contribution in [0.4, 0.5) is 0 Å². The van der Waals surface area contributed by atoms with Crippen molar-refractivity contribution in [2.75, 3.05) is 0 Å². The zero-order valence-corrected chi connectivity index (χ0v) is 34.8. The lowest BCUT2D eigenvalue weighted by molar-refractivity contribution is 0.426. The van der Waals surface area contributed by atoms with Crippen molar-refractivity contribution in [3.05, 3.63) is 257 Å². The Kier molecular flexibility index (Phi) is 9.66. The third-order valence-electron chi connectivity index (χ3n) is 13.5. The molecule has 4 atom stereocenters. The normalized spacial score (nSPS) is 21.1. The van der Waals surface area contributed by atoms with Gasteiger partial charge in [-0.2, -0.15) is 0 Å². The summed E-state index contributed by atoms with van der Waals surface area (Å²) in [7, 11) is 0. The van der Waals surface area contributed by atoms with Gasteiger partial charge < -0.3 is 5.32 Å². The van der Waals surface area contributed by atoms with E-state index in [1.165, 1.54) is 66.8 Å². The van der Waals surface area contributed by atoms with Crippen LogP contribution in [0.15, 0.2) is 234 Å². The highest BCUT2D eigenvalue weighted by Crippen LogP contribution is 2.56. The largest absolute Gasteiger partial charge is 0.324 e. The van der Waals surface area contributed by atoms with Gasteiger partial charge in [0.15, 0.2) is 6.17 Å². The Labute approximate surface area is 365 Å². The first-order valence-corrected chi connectivity index (χ1v) is 21.9. The molecule has 0 saturated heterocycles. The van der Waals surface area contributed by atoms with E-state index >= 15 is 0 Å². The molecule has 62 heavy (non-hydrogen) atoms. The number of amidine groups is 2. The third kappa shape index (κ3) is 6.90. The summed E-state index contributed by atoms with van der Waals surface area (Å²) in [6, 6.07) is 65.8. The molecular formula is C59H47N3. The van der Waals surface area contributed by atoms with Gasteiger partial charge in [-0.3, -0.25) is 0 Å². The first kappa shape index (κ1) is 37.6. The number of nitrogens with zero attached hydrogens (tertiary/aromatic N) is 2. The molecule has 3 heteroatoms. The minimum atomic E-state index is -0.341. The molecular weight excluding hydrogens is 751 g/mol. The Morgan fingerprint density at radius 3 is 1.52 bits per heavy atom. The van der Waals surface area contributed by atoms with E-state index in [0.29, 0.717) is 11.8 Å². The fraction of sp³-hybridized carbons (Fsp3) is 0.119. The molecule has 0 aromatic heterocycles. The van der Waals surface area contributed by atoms with Crippen molar-refractivity contribution in [2.45, 2.75) is 37.3 Å². The monoisotopic (exact) mass is 797 g/mol. The van der Waals surface area contributed by atoms with Crippen molar-refractivity contribution in [1.29, 1.82) is 0 Å². The number of rotatable bonds is 8. The van der Waals surface area contributed by atoms with Gasteiger partial charge >= 0.3 is 0 Å². The predicted octanol–water partition coefficient (Wildman–Crippen LogP) is 13.8. The fourth-order valence-electron chi connectivity index (χ4n) is 10.0. The van der Waals surface area contributed by atoms with Crippen LogP contribution >= 0.6 is 0 Å². The molecule has 1 aliphatic heterocycles. The summed E-state index contributed by atoms with van der Waals surface area (Å²) >= 11 is 0. The lowest BCUT2D eigenvalue weighted by Crippen LogP contribution is -2.38. The Balaban J connectivity index is 0.940. The van der Waals surface area contributed by atoms with Crippen LogP contribution in [0.2, 0.25) is 0 Å². The Morgan fingerprint density at radius 2 is 0.952 bits per heavy atom. The predicted molar refractivity (Wildman–Crippen MR) is 258 cm³/mol. The van der Waals surface area contributed by atoms with Crippen molar-refractivity contribution in [3.63, 3.8) is 0 Å². The zero-order valence-electron chi connectivity index (χ0n) is 34.8. The first-order valence-electron chi connectivity index (χ1n) is 21.9. The van der Waals surface area contributed by atoms with Crippen LogP contribution in [-0.4, -0.2) is 17.8 Å². The second-order valence-corrected chi connectivity index (χ2v) is 17.0. The van der Waals surface area contributed by atoms with Crippen LogP contribution in [0.5, 0.6) is 0 Å². The minimum Gasteiger partial charge on any atom is -0.324 e. The lowest BCUT2D eigenvalue weighted by Gasteiger charge is -2.34. The molecule has 7 aromatic rings. The van der Waals surface area contributed by atoms with Crippen LogP contribution in [0.1, 0.15) is 59.1 Å². The molecule has 0 fully saturated rings. The zero-order chi connectivity index (χ0) is 41.5. The summed E-state index contributed by atoms with van der Waals surface area (Å²) in [5.41, 5.74) is 17.1. The molecule has 0 saturated carbocycles. The molecule has 3 nitrogen and oxygen atoms in total. The van der Waals surface area contributed by atoms with Crippen LogP contribution in [0, 0.1) is 5.92 Å². The highest BCUT2D eigenvalue weighted by molar-refractivity contribution is 6.16. The van der Waals surface area contributed by atoms with Gasteiger partial charge in [0.05, 0.1) is 0 Å². The molecule has 0 amide bonds. The summed E-state index contributed by atoms with van der Waals surface area (Å²) in [6.45, 7) is 2.42. The number of fused-ring (bicyclic) bond motifs is 3. The van der Waals surface area contributed by atoms with Gasteiger partial charge in [-0.05, 0) is 85.7 Å². The molecule has 7 aromatic carbocycles. The van der Waals surface area contributed by atoms with E-state index in [2.05, 4.69) is 231 Å². The van der Waals surface area contributed by atoms with Crippen molar-refractivity contribution >= 4 is 17.2 Å². The van der Waals surface area contributed by atoms with Crippen molar-refractivity contribution in [1.82, 2.24) is 5.32 Å². The molecule has 4 unspecified atom stereocenters. The van der Waals surface area contributed by atoms with Crippen LogP contribution in [0.25, 0.3) is 39.0 Å². The smallest absolute Gasteiger partial charge is 0.166 e. The maximum atomic E-state index is 5.42. The van der Waals surface area contributed by atoms with Gasteiger partial charge in [-0.15, -0.1) is 0 Å². The highest BCUT2D eigenvalue weighted by Gasteiger charge is 2.48. The lowest BCUT2D eigenvalue weighted by atomic mass is 9.68. The third-order valence-corrected chi connectivity index (χ3v) is 13.5. The van der Waals surface area contributed by atoms with Gasteiger partial charge in [-0.25, -0.2) is 9.98 Å². The molecule has 0 bridgehead atoms. The van der Waals surface area contributed by atoms with E-state index in [1.807, 2.05) is 0 Å². The summed E-state index contributed by atoms with van der Waals surface area (Å²) in [6.07, 6.45) is 15.2.